The summed E-state index contributed by atoms with van der Waals surface area (Å²) in [6.45, 7) is 10.5. The van der Waals surface area contributed by atoms with Crippen molar-refractivity contribution in [2.24, 2.45) is 0 Å². The number of rotatable bonds is 10. The van der Waals surface area contributed by atoms with Crippen LogP contribution in [-0.2, 0) is 31.9 Å². The number of nitrogens with one attached hydrogen (secondary N) is 3. The summed E-state index contributed by atoms with van der Waals surface area (Å²) in [6.07, 6.45) is 0.413. The highest BCUT2D eigenvalue weighted by Gasteiger charge is 2.30. The highest BCUT2D eigenvalue weighted by Crippen LogP contribution is 2.14. The zero-order valence-corrected chi connectivity index (χ0v) is 24.3. The van der Waals surface area contributed by atoms with E-state index in [9.17, 15) is 19.2 Å². The summed E-state index contributed by atoms with van der Waals surface area (Å²) in [5.74, 6) is -2.49. The first-order chi connectivity index (χ1) is 19.2. The standard InChI is InChI=1S/C31H38N4O6/c1-30(2,3)40-28(38)24(17-20-13-9-7-10-14-20)32-26(36)22-19-23(35-34-22)27(37)33-25(29(39)41-31(4,5)6)18-21-15-11-8-12-16-21/h7-16,19,24-25H,17-18H2,1-6H3,(H,32,36)(H,33,37)(H,34,35). The van der Waals surface area contributed by atoms with Crippen LogP contribution < -0.4 is 10.6 Å². The summed E-state index contributed by atoms with van der Waals surface area (Å²) >= 11 is 0. The summed E-state index contributed by atoms with van der Waals surface area (Å²) < 4.78 is 11.0. The minimum absolute atomic E-state index is 0.0337. The van der Waals surface area contributed by atoms with E-state index < -0.39 is 47.0 Å². The fraction of sp³-hybridized carbons (Fsp3) is 0.387. The number of amides is 2. The Morgan fingerprint density at radius 3 is 1.54 bits per heavy atom. The van der Waals surface area contributed by atoms with Crippen molar-refractivity contribution in [3.63, 3.8) is 0 Å². The van der Waals surface area contributed by atoms with Crippen LogP contribution in [0.5, 0.6) is 0 Å². The molecular formula is C31H38N4O6. The number of H-pyrrole nitrogens is 1. The van der Waals surface area contributed by atoms with Crippen molar-refractivity contribution in [1.82, 2.24) is 20.8 Å². The minimum Gasteiger partial charge on any atom is -0.458 e. The number of ether oxygens (including phenoxy) is 2. The van der Waals surface area contributed by atoms with Gasteiger partial charge < -0.3 is 20.1 Å². The average Bonchev–Trinajstić information content (AvgIpc) is 3.38. The Kier molecular flexibility index (Phi) is 10.0. The van der Waals surface area contributed by atoms with Crippen LogP contribution in [0.3, 0.4) is 0 Å². The molecule has 218 valence electrons. The van der Waals surface area contributed by atoms with E-state index in [-0.39, 0.29) is 24.2 Å². The van der Waals surface area contributed by atoms with E-state index in [1.54, 1.807) is 41.5 Å². The zero-order valence-electron chi connectivity index (χ0n) is 24.3. The molecule has 3 rings (SSSR count). The van der Waals surface area contributed by atoms with Crippen molar-refractivity contribution < 1.29 is 28.7 Å². The maximum Gasteiger partial charge on any atom is 0.329 e. The normalized spacial score (nSPS) is 13.0. The molecule has 0 saturated heterocycles. The number of aromatic nitrogens is 2. The SMILES string of the molecule is CC(C)(C)OC(=O)C(Cc1ccccc1)NC(=O)c1cc(C(=O)NC(Cc2ccccc2)C(=O)OC(C)(C)C)[nH]n1. The molecular weight excluding hydrogens is 524 g/mol. The van der Waals surface area contributed by atoms with Crippen LogP contribution in [0, 0.1) is 0 Å². The lowest BCUT2D eigenvalue weighted by molar-refractivity contribution is -0.158. The molecule has 3 N–H and O–H groups in total. The molecule has 0 fully saturated rings. The molecule has 1 heterocycles. The van der Waals surface area contributed by atoms with Gasteiger partial charge in [0, 0.05) is 18.9 Å². The third kappa shape index (κ3) is 10.2. The van der Waals surface area contributed by atoms with Crippen molar-refractivity contribution in [3.05, 3.63) is 89.2 Å². The Bertz CT molecular complexity index is 1240. The monoisotopic (exact) mass is 562 g/mol. The van der Waals surface area contributed by atoms with E-state index in [4.69, 9.17) is 9.47 Å². The number of carbonyl (C=O) groups is 4. The van der Waals surface area contributed by atoms with Crippen LogP contribution in [0.1, 0.15) is 73.6 Å². The summed E-state index contributed by atoms with van der Waals surface area (Å²) in [5, 5.41) is 11.9. The van der Waals surface area contributed by atoms with E-state index in [1.807, 2.05) is 60.7 Å². The molecule has 10 nitrogen and oxygen atoms in total. The number of hydrogen-bond donors (Lipinski definition) is 3. The summed E-state index contributed by atoms with van der Waals surface area (Å²) in [5.41, 5.74) is 0.0266. The van der Waals surface area contributed by atoms with Gasteiger partial charge in [-0.15, -0.1) is 0 Å². The second-order valence-corrected chi connectivity index (χ2v) is 11.7. The largest absolute Gasteiger partial charge is 0.458 e. The molecule has 3 aromatic rings. The quantitative estimate of drug-likeness (QED) is 0.320. The fourth-order valence-electron chi connectivity index (χ4n) is 3.85. The topological polar surface area (TPSA) is 139 Å². The van der Waals surface area contributed by atoms with Gasteiger partial charge in [0.05, 0.1) is 0 Å². The van der Waals surface area contributed by atoms with Crippen LogP contribution in [0.25, 0.3) is 0 Å². The van der Waals surface area contributed by atoms with Gasteiger partial charge in [0.25, 0.3) is 11.8 Å². The van der Waals surface area contributed by atoms with Crippen LogP contribution in [0.2, 0.25) is 0 Å². The molecule has 0 saturated carbocycles. The lowest BCUT2D eigenvalue weighted by Gasteiger charge is -2.24. The minimum atomic E-state index is -0.986. The molecule has 2 atom stereocenters. The van der Waals surface area contributed by atoms with Crippen LogP contribution in [0.15, 0.2) is 66.7 Å². The van der Waals surface area contributed by atoms with Gasteiger partial charge in [-0.05, 0) is 52.7 Å². The number of hydrogen-bond acceptors (Lipinski definition) is 7. The van der Waals surface area contributed by atoms with E-state index in [1.165, 1.54) is 6.07 Å². The predicted octanol–water partition coefficient (Wildman–Crippen LogP) is 3.78. The van der Waals surface area contributed by atoms with Gasteiger partial charge in [0.1, 0.15) is 29.0 Å². The van der Waals surface area contributed by atoms with E-state index in [0.29, 0.717) is 0 Å². The second-order valence-electron chi connectivity index (χ2n) is 11.7. The van der Waals surface area contributed by atoms with E-state index in [2.05, 4.69) is 20.8 Å². The number of benzene rings is 2. The van der Waals surface area contributed by atoms with Gasteiger partial charge in [0.2, 0.25) is 0 Å². The Hall–Kier alpha value is -4.47. The first kappa shape index (κ1) is 31.1. The molecule has 1 aromatic heterocycles. The third-order valence-corrected chi connectivity index (χ3v) is 5.61. The Morgan fingerprint density at radius 2 is 1.12 bits per heavy atom. The molecule has 0 aliphatic carbocycles. The third-order valence-electron chi connectivity index (χ3n) is 5.61. The maximum absolute atomic E-state index is 13.1. The van der Waals surface area contributed by atoms with Crippen molar-refractivity contribution in [1.29, 1.82) is 0 Å². The first-order valence-electron chi connectivity index (χ1n) is 13.4. The Balaban J connectivity index is 1.74. The second kappa shape index (κ2) is 13.3. The number of esters is 2. The first-order valence-corrected chi connectivity index (χ1v) is 13.4. The average molecular weight is 563 g/mol. The van der Waals surface area contributed by atoms with Crippen molar-refractivity contribution >= 4 is 23.8 Å². The van der Waals surface area contributed by atoms with Crippen molar-refractivity contribution in [3.8, 4) is 0 Å². The van der Waals surface area contributed by atoms with Crippen LogP contribution in [-0.4, -0.2) is 57.2 Å². The molecule has 0 spiro atoms. The molecule has 0 radical (unpaired) electrons. The molecule has 2 amide bonds. The van der Waals surface area contributed by atoms with Crippen molar-refractivity contribution in [2.75, 3.05) is 0 Å². The zero-order chi connectivity index (χ0) is 30.2. The molecule has 0 bridgehead atoms. The van der Waals surface area contributed by atoms with Crippen LogP contribution in [0.4, 0.5) is 0 Å². The number of carbonyl (C=O) groups excluding carboxylic acids is 4. The Labute approximate surface area is 240 Å². The summed E-state index contributed by atoms with van der Waals surface area (Å²) in [6, 6.07) is 17.7. The molecule has 2 aromatic carbocycles. The molecule has 0 aliphatic rings. The number of nitrogens with zero attached hydrogens (tertiary/aromatic N) is 1. The maximum atomic E-state index is 13.1. The van der Waals surface area contributed by atoms with Crippen LogP contribution >= 0.6 is 0 Å². The lowest BCUT2D eigenvalue weighted by atomic mass is 10.0. The van der Waals surface area contributed by atoms with Gasteiger partial charge in [0.15, 0.2) is 5.69 Å². The van der Waals surface area contributed by atoms with Gasteiger partial charge >= 0.3 is 11.9 Å². The Morgan fingerprint density at radius 1 is 0.707 bits per heavy atom. The van der Waals surface area contributed by atoms with Gasteiger partial charge in [-0.3, -0.25) is 14.7 Å². The smallest absolute Gasteiger partial charge is 0.329 e. The van der Waals surface area contributed by atoms with Crippen molar-refractivity contribution in [2.45, 2.75) is 77.7 Å². The molecule has 0 aliphatic heterocycles. The highest BCUT2D eigenvalue weighted by molar-refractivity contribution is 6.00. The van der Waals surface area contributed by atoms with E-state index >= 15 is 0 Å². The van der Waals surface area contributed by atoms with Gasteiger partial charge in [-0.1, -0.05) is 60.7 Å². The molecule has 41 heavy (non-hydrogen) atoms. The van der Waals surface area contributed by atoms with Gasteiger partial charge in [-0.2, -0.15) is 5.10 Å². The fourth-order valence-corrected chi connectivity index (χ4v) is 3.85. The number of aromatic amines is 1. The lowest BCUT2D eigenvalue weighted by Crippen LogP contribution is -2.46. The predicted molar refractivity (Wildman–Crippen MR) is 153 cm³/mol. The van der Waals surface area contributed by atoms with Gasteiger partial charge in [-0.25, -0.2) is 9.59 Å². The molecule has 10 heteroatoms. The van der Waals surface area contributed by atoms with E-state index in [0.717, 1.165) is 11.1 Å². The highest BCUT2D eigenvalue weighted by atomic mass is 16.6. The summed E-state index contributed by atoms with van der Waals surface area (Å²) in [7, 11) is 0. The summed E-state index contributed by atoms with van der Waals surface area (Å²) in [4.78, 5) is 52.0. The molecule has 2 unspecified atom stereocenters.